The lowest BCUT2D eigenvalue weighted by Crippen LogP contribution is -2.16. The average Bonchev–Trinajstić information content (AvgIpc) is 2.39. The predicted molar refractivity (Wildman–Crippen MR) is 79.3 cm³/mol. The van der Waals surface area contributed by atoms with Gasteiger partial charge in [-0.25, -0.2) is 8.42 Å². The Balaban J connectivity index is 2.23. The standard InChI is InChI=1S/C14H12ClNO3S/c15-14(17)12-8-4-5-9-13(12)16-20(18,19)10-11-6-2-1-3-7-11/h1-9,16H,10H2. The zero-order valence-electron chi connectivity index (χ0n) is 10.4. The van der Waals surface area contributed by atoms with Crippen molar-refractivity contribution >= 4 is 32.6 Å². The molecule has 0 aliphatic heterocycles. The van der Waals surface area contributed by atoms with Gasteiger partial charge in [-0.15, -0.1) is 0 Å². The fourth-order valence-corrected chi connectivity index (χ4v) is 3.12. The van der Waals surface area contributed by atoms with E-state index in [0.29, 0.717) is 5.56 Å². The zero-order valence-corrected chi connectivity index (χ0v) is 12.0. The van der Waals surface area contributed by atoms with Crippen LogP contribution < -0.4 is 4.72 Å². The van der Waals surface area contributed by atoms with Crippen LogP contribution >= 0.6 is 11.6 Å². The third-order valence-electron chi connectivity index (χ3n) is 2.60. The van der Waals surface area contributed by atoms with Gasteiger partial charge in [-0.2, -0.15) is 0 Å². The molecule has 0 amide bonds. The highest BCUT2D eigenvalue weighted by atomic mass is 35.5. The second-order valence-electron chi connectivity index (χ2n) is 4.17. The molecule has 0 aliphatic rings. The fourth-order valence-electron chi connectivity index (χ4n) is 1.74. The molecule has 20 heavy (non-hydrogen) atoms. The van der Waals surface area contributed by atoms with Crippen LogP contribution in [-0.4, -0.2) is 13.7 Å². The smallest absolute Gasteiger partial charge is 0.254 e. The van der Waals surface area contributed by atoms with E-state index in [4.69, 9.17) is 11.6 Å². The Hall–Kier alpha value is -1.85. The Morgan fingerprint density at radius 3 is 2.25 bits per heavy atom. The number of carbonyl (C=O) groups is 1. The Kier molecular flexibility index (Phi) is 4.42. The first-order valence-electron chi connectivity index (χ1n) is 5.81. The summed E-state index contributed by atoms with van der Waals surface area (Å²) in [4.78, 5) is 11.2. The summed E-state index contributed by atoms with van der Waals surface area (Å²) in [5.74, 6) is -0.168. The van der Waals surface area contributed by atoms with Crippen molar-refractivity contribution in [1.29, 1.82) is 0 Å². The largest absolute Gasteiger partial charge is 0.282 e. The number of nitrogens with one attached hydrogen (secondary N) is 1. The van der Waals surface area contributed by atoms with E-state index in [1.165, 1.54) is 12.1 Å². The summed E-state index contributed by atoms with van der Waals surface area (Å²) >= 11 is 5.42. The highest BCUT2D eigenvalue weighted by Gasteiger charge is 2.15. The number of hydrogen-bond acceptors (Lipinski definition) is 3. The van der Waals surface area contributed by atoms with Crippen molar-refractivity contribution in [2.75, 3.05) is 4.72 Å². The Morgan fingerprint density at radius 1 is 1.00 bits per heavy atom. The molecule has 0 aliphatic carbocycles. The molecular formula is C14H12ClNO3S. The number of hydrogen-bond donors (Lipinski definition) is 1. The molecule has 0 saturated carbocycles. The molecule has 0 heterocycles. The van der Waals surface area contributed by atoms with Crippen molar-refractivity contribution in [3.63, 3.8) is 0 Å². The first-order chi connectivity index (χ1) is 9.48. The Bertz CT molecular complexity index is 714. The minimum atomic E-state index is -3.60. The highest BCUT2D eigenvalue weighted by molar-refractivity contribution is 7.91. The summed E-state index contributed by atoms with van der Waals surface area (Å²) in [6.07, 6.45) is 0. The average molecular weight is 310 g/mol. The van der Waals surface area contributed by atoms with Crippen molar-refractivity contribution in [2.45, 2.75) is 5.75 Å². The van der Waals surface area contributed by atoms with Crippen molar-refractivity contribution in [1.82, 2.24) is 0 Å². The topological polar surface area (TPSA) is 63.2 Å². The van der Waals surface area contributed by atoms with Crippen LogP contribution in [0.25, 0.3) is 0 Å². The molecule has 0 saturated heterocycles. The van der Waals surface area contributed by atoms with Gasteiger partial charge in [0, 0.05) is 0 Å². The second-order valence-corrected chi connectivity index (χ2v) is 6.23. The lowest BCUT2D eigenvalue weighted by molar-refractivity contribution is 0.108. The van der Waals surface area contributed by atoms with E-state index in [9.17, 15) is 13.2 Å². The highest BCUT2D eigenvalue weighted by Crippen LogP contribution is 2.19. The third-order valence-corrected chi connectivity index (χ3v) is 4.05. The van der Waals surface area contributed by atoms with Crippen LogP contribution in [0.3, 0.4) is 0 Å². The molecule has 2 rings (SSSR count). The molecule has 1 N–H and O–H groups in total. The summed E-state index contributed by atoms with van der Waals surface area (Å²) in [6.45, 7) is 0. The monoisotopic (exact) mass is 309 g/mol. The van der Waals surface area contributed by atoms with Gasteiger partial charge in [0.1, 0.15) is 0 Å². The number of rotatable bonds is 5. The van der Waals surface area contributed by atoms with Crippen LogP contribution in [-0.2, 0) is 15.8 Å². The molecule has 0 fully saturated rings. The van der Waals surface area contributed by atoms with Gasteiger partial charge >= 0.3 is 0 Å². The molecule has 0 spiro atoms. The minimum absolute atomic E-state index is 0.130. The van der Waals surface area contributed by atoms with Crippen molar-refractivity contribution in [2.24, 2.45) is 0 Å². The molecule has 2 aromatic carbocycles. The maximum absolute atomic E-state index is 12.1. The summed E-state index contributed by atoms with van der Waals surface area (Å²) in [6, 6.07) is 15.0. The summed E-state index contributed by atoms with van der Waals surface area (Å²) in [7, 11) is -3.60. The fraction of sp³-hybridized carbons (Fsp3) is 0.0714. The van der Waals surface area contributed by atoms with Gasteiger partial charge in [0.25, 0.3) is 5.24 Å². The number of sulfonamides is 1. The van der Waals surface area contributed by atoms with Gasteiger partial charge in [0.15, 0.2) is 0 Å². The summed E-state index contributed by atoms with van der Waals surface area (Å²) in [5, 5.41) is -0.706. The van der Waals surface area contributed by atoms with Gasteiger partial charge in [0.05, 0.1) is 17.0 Å². The molecule has 0 radical (unpaired) electrons. The SMILES string of the molecule is O=C(Cl)c1ccccc1NS(=O)(=O)Cc1ccccc1. The number of carbonyl (C=O) groups excluding carboxylic acids is 1. The van der Waals surface area contributed by atoms with Crippen LogP contribution in [0, 0.1) is 0 Å². The molecule has 0 bridgehead atoms. The van der Waals surface area contributed by atoms with Crippen molar-refractivity contribution in [3.8, 4) is 0 Å². The molecule has 0 atom stereocenters. The lowest BCUT2D eigenvalue weighted by Gasteiger charge is -2.10. The van der Waals surface area contributed by atoms with Crippen LogP contribution in [0.4, 0.5) is 5.69 Å². The van der Waals surface area contributed by atoms with E-state index >= 15 is 0 Å². The van der Waals surface area contributed by atoms with Gasteiger partial charge in [-0.1, -0.05) is 42.5 Å². The van der Waals surface area contributed by atoms with Crippen LogP contribution in [0.2, 0.25) is 0 Å². The van der Waals surface area contributed by atoms with Crippen molar-refractivity contribution < 1.29 is 13.2 Å². The van der Waals surface area contributed by atoms with Gasteiger partial charge in [-0.3, -0.25) is 9.52 Å². The van der Waals surface area contributed by atoms with Crippen LogP contribution in [0.1, 0.15) is 15.9 Å². The van der Waals surface area contributed by atoms with Gasteiger partial charge < -0.3 is 0 Å². The number of anilines is 1. The second kappa shape index (κ2) is 6.07. The van der Waals surface area contributed by atoms with Gasteiger partial charge in [-0.05, 0) is 29.3 Å². The number of halogens is 1. The number of para-hydroxylation sites is 1. The normalized spacial score (nSPS) is 11.1. The molecule has 104 valence electrons. The van der Waals surface area contributed by atoms with Crippen LogP contribution in [0.5, 0.6) is 0 Å². The summed E-state index contributed by atoms with van der Waals surface area (Å²) in [5.41, 5.74) is 0.976. The molecule has 0 aromatic heterocycles. The van der Waals surface area contributed by atoms with Gasteiger partial charge in [0.2, 0.25) is 10.0 Å². The zero-order chi connectivity index (χ0) is 14.6. The van der Waals surface area contributed by atoms with E-state index < -0.39 is 15.3 Å². The van der Waals surface area contributed by atoms with Crippen LogP contribution in [0.15, 0.2) is 54.6 Å². The summed E-state index contributed by atoms with van der Waals surface area (Å²) < 4.78 is 26.5. The molecule has 2 aromatic rings. The van der Waals surface area contributed by atoms with E-state index in [2.05, 4.69) is 4.72 Å². The minimum Gasteiger partial charge on any atom is -0.282 e. The maximum Gasteiger partial charge on any atom is 0.254 e. The van der Waals surface area contributed by atoms with E-state index in [0.717, 1.165) is 0 Å². The first-order valence-corrected chi connectivity index (χ1v) is 7.84. The molecular weight excluding hydrogens is 298 g/mol. The Labute approximate surface area is 122 Å². The predicted octanol–water partition coefficient (Wildman–Crippen LogP) is 3.01. The van der Waals surface area contributed by atoms with E-state index in [1.807, 2.05) is 6.07 Å². The van der Waals surface area contributed by atoms with Crippen molar-refractivity contribution in [3.05, 3.63) is 65.7 Å². The lowest BCUT2D eigenvalue weighted by atomic mass is 10.2. The number of benzene rings is 2. The van der Waals surface area contributed by atoms with E-state index in [-0.39, 0.29) is 17.0 Å². The maximum atomic E-state index is 12.1. The molecule has 6 heteroatoms. The quantitative estimate of drug-likeness (QED) is 0.864. The molecule has 0 unspecified atom stereocenters. The Morgan fingerprint density at radius 2 is 1.60 bits per heavy atom. The third kappa shape index (κ3) is 3.82. The molecule has 4 nitrogen and oxygen atoms in total. The first kappa shape index (κ1) is 14.6. The van der Waals surface area contributed by atoms with E-state index in [1.54, 1.807) is 36.4 Å².